The lowest BCUT2D eigenvalue weighted by Crippen LogP contribution is -2.35. The molecule has 0 saturated heterocycles. The van der Waals surface area contributed by atoms with Gasteiger partial charge in [0, 0.05) is 42.8 Å². The zero-order valence-corrected chi connectivity index (χ0v) is 22.0. The fourth-order valence-corrected chi connectivity index (χ4v) is 5.60. The van der Waals surface area contributed by atoms with Crippen molar-refractivity contribution in [3.8, 4) is 0 Å². The lowest BCUT2D eigenvalue weighted by atomic mass is 9.86. The maximum atomic E-state index is 12.5. The Kier molecular flexibility index (Phi) is 8.43. The Hall–Kier alpha value is -1.76. The summed E-state index contributed by atoms with van der Waals surface area (Å²) in [6.07, 6.45) is 8.78. The molecule has 2 aliphatic rings. The Labute approximate surface area is 216 Å². The number of benzene rings is 1. The van der Waals surface area contributed by atoms with E-state index in [0.29, 0.717) is 39.1 Å². The van der Waals surface area contributed by atoms with E-state index in [1.807, 2.05) is 0 Å². The first kappa shape index (κ1) is 25.3. The van der Waals surface area contributed by atoms with Gasteiger partial charge in [0.2, 0.25) is 11.9 Å². The Balaban J connectivity index is 1.27. The summed E-state index contributed by atoms with van der Waals surface area (Å²) in [6, 6.07) is 3.66. The van der Waals surface area contributed by atoms with Gasteiger partial charge in [-0.15, -0.1) is 0 Å². The molecule has 0 aliphatic heterocycles. The number of aryl methyl sites for hydroxylation is 1. The molecule has 1 fully saturated rings. The molecule has 184 valence electrons. The van der Waals surface area contributed by atoms with Crippen molar-refractivity contribution in [3.05, 3.63) is 44.0 Å². The number of nitrogens with zero attached hydrogens (tertiary/aromatic N) is 3. The number of amides is 1. The quantitative estimate of drug-likeness (QED) is 0.454. The van der Waals surface area contributed by atoms with Crippen LogP contribution >= 0.6 is 34.8 Å². The molecule has 9 heteroatoms. The molecule has 6 nitrogen and oxygen atoms in total. The minimum absolute atomic E-state index is 0.0926. The van der Waals surface area contributed by atoms with Crippen LogP contribution in [0.4, 0.5) is 11.8 Å². The van der Waals surface area contributed by atoms with Gasteiger partial charge in [-0.2, -0.15) is 4.98 Å². The van der Waals surface area contributed by atoms with Crippen LogP contribution in [0, 0.1) is 5.92 Å². The van der Waals surface area contributed by atoms with Gasteiger partial charge in [-0.3, -0.25) is 4.79 Å². The summed E-state index contributed by atoms with van der Waals surface area (Å²) in [7, 11) is 4.10. The number of hydrogen-bond donors (Lipinski definition) is 2. The highest BCUT2D eigenvalue weighted by molar-refractivity contribution is 6.44. The average Bonchev–Trinajstić information content (AvgIpc) is 2.83. The maximum absolute atomic E-state index is 12.5. The number of fused-ring (bicyclic) bond motifs is 1. The van der Waals surface area contributed by atoms with Crippen molar-refractivity contribution in [2.24, 2.45) is 5.92 Å². The lowest BCUT2D eigenvalue weighted by molar-refractivity contribution is -0.120. The second-order valence-electron chi connectivity index (χ2n) is 9.56. The van der Waals surface area contributed by atoms with Crippen LogP contribution in [-0.4, -0.2) is 42.6 Å². The van der Waals surface area contributed by atoms with Gasteiger partial charge in [-0.05, 0) is 69.4 Å². The van der Waals surface area contributed by atoms with Crippen LogP contribution in [0.2, 0.25) is 15.1 Å². The number of carbonyl (C=O) groups excluding carboxylic acids is 1. The molecule has 1 aromatic carbocycles. The minimum Gasteiger partial charge on any atom is -0.362 e. The molecule has 1 heterocycles. The summed E-state index contributed by atoms with van der Waals surface area (Å²) in [4.78, 5) is 24.3. The van der Waals surface area contributed by atoms with Crippen LogP contribution in [0.25, 0.3) is 0 Å². The average molecular weight is 525 g/mol. The summed E-state index contributed by atoms with van der Waals surface area (Å²) in [5.41, 5.74) is 3.08. The highest BCUT2D eigenvalue weighted by Crippen LogP contribution is 2.32. The van der Waals surface area contributed by atoms with Crippen LogP contribution in [0.5, 0.6) is 0 Å². The standard InChI is InChI=1S/C25H32Cl3N5O/c1-33(2)24-17-5-3-4-6-21(17)31-25(32-24)30-16-9-7-15(8-10-16)14-29-22(34)13-18-19(26)11-12-20(27)23(18)28/h11-12,15-16H,3-10,13-14H2,1-2H3,(H,29,34)(H,30,31,32). The van der Waals surface area contributed by atoms with Gasteiger partial charge in [0.25, 0.3) is 0 Å². The van der Waals surface area contributed by atoms with Crippen LogP contribution in [0.1, 0.15) is 55.3 Å². The Bertz CT molecular complexity index is 1040. The van der Waals surface area contributed by atoms with Crippen LogP contribution < -0.4 is 15.5 Å². The molecule has 2 aromatic rings. The number of anilines is 2. The third-order valence-electron chi connectivity index (χ3n) is 6.83. The Morgan fingerprint density at radius 1 is 1.03 bits per heavy atom. The summed E-state index contributed by atoms with van der Waals surface area (Å²) in [6.45, 7) is 0.654. The van der Waals surface area contributed by atoms with Crippen molar-refractivity contribution in [1.29, 1.82) is 0 Å². The molecule has 0 spiro atoms. The van der Waals surface area contributed by atoms with Gasteiger partial charge >= 0.3 is 0 Å². The second kappa shape index (κ2) is 11.3. The van der Waals surface area contributed by atoms with E-state index < -0.39 is 0 Å². The van der Waals surface area contributed by atoms with Gasteiger partial charge in [0.05, 0.1) is 22.2 Å². The van der Waals surface area contributed by atoms with Crippen molar-refractivity contribution >= 4 is 52.5 Å². The van der Waals surface area contributed by atoms with E-state index in [4.69, 9.17) is 44.8 Å². The van der Waals surface area contributed by atoms with E-state index in [2.05, 4.69) is 29.6 Å². The summed E-state index contributed by atoms with van der Waals surface area (Å²) >= 11 is 18.5. The third kappa shape index (κ3) is 6.07. The molecule has 0 bridgehead atoms. The van der Waals surface area contributed by atoms with Crippen LogP contribution in [-0.2, 0) is 24.1 Å². The first-order valence-electron chi connectivity index (χ1n) is 12.0. The van der Waals surface area contributed by atoms with E-state index in [0.717, 1.165) is 50.3 Å². The zero-order chi connectivity index (χ0) is 24.2. The van der Waals surface area contributed by atoms with Crippen LogP contribution in [0.3, 0.4) is 0 Å². The van der Waals surface area contributed by atoms with Gasteiger partial charge in [-0.25, -0.2) is 4.98 Å². The lowest BCUT2D eigenvalue weighted by Gasteiger charge is -2.30. The number of nitrogens with one attached hydrogen (secondary N) is 2. The number of aromatic nitrogens is 2. The molecule has 2 aliphatic carbocycles. The maximum Gasteiger partial charge on any atom is 0.225 e. The molecular weight excluding hydrogens is 493 g/mol. The normalized spacial score (nSPS) is 19.9. The molecule has 1 saturated carbocycles. The highest BCUT2D eigenvalue weighted by atomic mass is 35.5. The zero-order valence-electron chi connectivity index (χ0n) is 19.8. The van der Waals surface area contributed by atoms with E-state index >= 15 is 0 Å². The summed E-state index contributed by atoms with van der Waals surface area (Å²) in [5, 5.41) is 7.83. The van der Waals surface area contributed by atoms with Crippen LogP contribution in [0.15, 0.2) is 12.1 Å². The van der Waals surface area contributed by atoms with E-state index in [1.165, 1.54) is 24.1 Å². The molecule has 0 radical (unpaired) electrons. The smallest absolute Gasteiger partial charge is 0.225 e. The molecule has 0 atom stereocenters. The van der Waals surface area contributed by atoms with E-state index in [1.54, 1.807) is 12.1 Å². The molecule has 1 aromatic heterocycles. The van der Waals surface area contributed by atoms with Gasteiger partial charge in [-0.1, -0.05) is 34.8 Å². The predicted molar refractivity (Wildman–Crippen MR) is 141 cm³/mol. The Morgan fingerprint density at radius 2 is 1.74 bits per heavy atom. The second-order valence-corrected chi connectivity index (χ2v) is 10.8. The largest absolute Gasteiger partial charge is 0.362 e. The molecule has 4 rings (SSSR count). The third-order valence-corrected chi connectivity index (χ3v) is 8.03. The van der Waals surface area contributed by atoms with Crippen molar-refractivity contribution in [1.82, 2.24) is 15.3 Å². The SMILES string of the molecule is CN(C)c1nc(NC2CCC(CNC(=O)Cc3c(Cl)ccc(Cl)c3Cl)CC2)nc2c1CCCC2. The van der Waals surface area contributed by atoms with Crippen molar-refractivity contribution in [3.63, 3.8) is 0 Å². The highest BCUT2D eigenvalue weighted by Gasteiger charge is 2.24. The molecule has 34 heavy (non-hydrogen) atoms. The summed E-state index contributed by atoms with van der Waals surface area (Å²) < 4.78 is 0. The number of halogens is 3. The van der Waals surface area contributed by atoms with Gasteiger partial charge in [0.15, 0.2) is 0 Å². The van der Waals surface area contributed by atoms with Gasteiger partial charge < -0.3 is 15.5 Å². The number of rotatable bonds is 7. The fourth-order valence-electron chi connectivity index (χ4n) is 4.91. The monoisotopic (exact) mass is 523 g/mol. The first-order chi connectivity index (χ1) is 16.3. The molecule has 1 amide bonds. The van der Waals surface area contributed by atoms with Crippen molar-refractivity contribution in [2.45, 2.75) is 63.8 Å². The molecular formula is C25H32Cl3N5O. The number of carbonyl (C=O) groups is 1. The molecule has 0 unspecified atom stereocenters. The van der Waals surface area contributed by atoms with E-state index in [9.17, 15) is 4.79 Å². The van der Waals surface area contributed by atoms with E-state index in [-0.39, 0.29) is 12.3 Å². The van der Waals surface area contributed by atoms with Crippen molar-refractivity contribution in [2.75, 3.05) is 30.9 Å². The Morgan fingerprint density at radius 3 is 2.47 bits per heavy atom. The summed E-state index contributed by atoms with van der Waals surface area (Å²) in [5.74, 6) is 2.15. The predicted octanol–water partition coefficient (Wildman–Crippen LogP) is 5.71. The first-order valence-corrected chi connectivity index (χ1v) is 13.2. The van der Waals surface area contributed by atoms with Gasteiger partial charge in [0.1, 0.15) is 5.82 Å². The number of hydrogen-bond acceptors (Lipinski definition) is 5. The van der Waals surface area contributed by atoms with Crippen molar-refractivity contribution < 1.29 is 4.79 Å². The topological polar surface area (TPSA) is 70.2 Å². The fraction of sp³-hybridized carbons (Fsp3) is 0.560. The molecule has 2 N–H and O–H groups in total. The minimum atomic E-state index is -0.0926.